The number of ether oxygens (including phenoxy) is 1. The number of aromatic nitrogens is 1. The fourth-order valence-corrected chi connectivity index (χ4v) is 5.31. The molecule has 3 heterocycles. The summed E-state index contributed by atoms with van der Waals surface area (Å²) in [5.41, 5.74) is 2.03. The number of carbonyl (C=O) groups is 1. The average Bonchev–Trinajstić information content (AvgIpc) is 3.46. The van der Waals surface area contributed by atoms with Gasteiger partial charge in [-0.25, -0.2) is 4.99 Å². The van der Waals surface area contributed by atoms with Crippen molar-refractivity contribution < 1.29 is 9.53 Å². The molecule has 2 aromatic heterocycles. The second-order valence-corrected chi connectivity index (χ2v) is 8.67. The Hall–Kier alpha value is -2.38. The first-order valence-corrected chi connectivity index (χ1v) is 11.8. The van der Waals surface area contributed by atoms with E-state index >= 15 is 0 Å². The van der Waals surface area contributed by atoms with Gasteiger partial charge in [0.25, 0.3) is 0 Å². The first-order valence-electron chi connectivity index (χ1n) is 10.0. The quantitative estimate of drug-likeness (QED) is 0.512. The van der Waals surface area contributed by atoms with E-state index in [0.29, 0.717) is 13.0 Å². The standard InChI is InChI=1S/C22H25N3O2S2/c1-2-27-19-9-4-3-8-17(19)23-22-25(14-7-13-24-12-5-11-21(24)26)18(16-29-22)20-10-6-15-28-20/h3-4,6,8-10,15-16H,2,5,7,11-14H2,1H3. The number of thiophene rings is 1. The molecule has 3 aromatic rings. The van der Waals surface area contributed by atoms with Gasteiger partial charge in [0, 0.05) is 31.4 Å². The van der Waals surface area contributed by atoms with E-state index in [9.17, 15) is 4.79 Å². The van der Waals surface area contributed by atoms with Crippen LogP contribution < -0.4 is 9.54 Å². The highest BCUT2D eigenvalue weighted by atomic mass is 32.1. The van der Waals surface area contributed by atoms with Crippen molar-refractivity contribution in [3.63, 3.8) is 0 Å². The smallest absolute Gasteiger partial charge is 0.222 e. The Labute approximate surface area is 178 Å². The minimum atomic E-state index is 0.286. The van der Waals surface area contributed by atoms with Crippen LogP contribution in [0.5, 0.6) is 5.75 Å². The maximum Gasteiger partial charge on any atom is 0.222 e. The normalized spacial score (nSPS) is 14.7. The molecule has 0 radical (unpaired) electrons. The molecule has 0 spiro atoms. The maximum absolute atomic E-state index is 11.9. The van der Waals surface area contributed by atoms with Crippen molar-refractivity contribution in [2.45, 2.75) is 32.7 Å². The lowest BCUT2D eigenvalue weighted by Crippen LogP contribution is -2.27. The summed E-state index contributed by atoms with van der Waals surface area (Å²) in [6.07, 6.45) is 2.60. The van der Waals surface area contributed by atoms with Crippen LogP contribution in [0.1, 0.15) is 26.2 Å². The molecule has 4 rings (SSSR count). The van der Waals surface area contributed by atoms with Gasteiger partial charge in [0.05, 0.1) is 17.2 Å². The fraction of sp³-hybridized carbons (Fsp3) is 0.364. The number of benzene rings is 1. The Balaban J connectivity index is 1.64. The number of hydrogen-bond donors (Lipinski definition) is 0. The lowest BCUT2D eigenvalue weighted by molar-refractivity contribution is -0.127. The first kappa shape index (κ1) is 19.9. The van der Waals surface area contributed by atoms with Crippen LogP contribution in [0, 0.1) is 0 Å². The molecule has 5 nitrogen and oxygen atoms in total. The number of thiazole rings is 1. The minimum absolute atomic E-state index is 0.286. The van der Waals surface area contributed by atoms with Gasteiger partial charge in [0.15, 0.2) is 4.80 Å². The van der Waals surface area contributed by atoms with Crippen LogP contribution in [-0.2, 0) is 11.3 Å². The second kappa shape index (κ2) is 9.41. The number of amides is 1. The highest BCUT2D eigenvalue weighted by molar-refractivity contribution is 7.14. The third kappa shape index (κ3) is 4.62. The highest BCUT2D eigenvalue weighted by Gasteiger charge is 2.19. The lowest BCUT2D eigenvalue weighted by atomic mass is 10.3. The van der Waals surface area contributed by atoms with E-state index in [2.05, 4.69) is 27.5 Å². The summed E-state index contributed by atoms with van der Waals surface area (Å²) < 4.78 is 8.03. The number of rotatable bonds is 8. The van der Waals surface area contributed by atoms with Crippen molar-refractivity contribution in [1.82, 2.24) is 9.47 Å². The molecule has 7 heteroatoms. The van der Waals surface area contributed by atoms with Crippen molar-refractivity contribution in [2.75, 3.05) is 19.7 Å². The third-order valence-electron chi connectivity index (χ3n) is 4.93. The first-order chi connectivity index (χ1) is 14.3. The molecule has 1 aliphatic rings. The van der Waals surface area contributed by atoms with E-state index in [1.165, 1.54) is 10.6 Å². The summed E-state index contributed by atoms with van der Waals surface area (Å²) in [6, 6.07) is 12.1. The van der Waals surface area contributed by atoms with E-state index in [1.807, 2.05) is 36.1 Å². The van der Waals surface area contributed by atoms with Crippen LogP contribution in [0.4, 0.5) is 5.69 Å². The number of nitrogens with zero attached hydrogens (tertiary/aromatic N) is 3. The van der Waals surface area contributed by atoms with Crippen molar-refractivity contribution in [2.24, 2.45) is 4.99 Å². The molecule has 0 saturated carbocycles. The second-order valence-electron chi connectivity index (χ2n) is 6.88. The van der Waals surface area contributed by atoms with Gasteiger partial charge >= 0.3 is 0 Å². The predicted octanol–water partition coefficient (Wildman–Crippen LogP) is 4.92. The molecule has 1 saturated heterocycles. The Morgan fingerprint density at radius 1 is 1.14 bits per heavy atom. The SMILES string of the molecule is CCOc1ccccc1N=c1scc(-c2cccs2)n1CCCN1CCCC1=O. The van der Waals surface area contributed by atoms with Crippen molar-refractivity contribution in [1.29, 1.82) is 0 Å². The molecule has 1 fully saturated rings. The molecule has 1 aromatic carbocycles. The summed E-state index contributed by atoms with van der Waals surface area (Å²) in [5.74, 6) is 1.09. The summed E-state index contributed by atoms with van der Waals surface area (Å²) >= 11 is 3.38. The molecule has 0 unspecified atom stereocenters. The van der Waals surface area contributed by atoms with Crippen LogP contribution in [0.2, 0.25) is 0 Å². The molecular formula is C22H25N3O2S2. The molecule has 29 heavy (non-hydrogen) atoms. The van der Waals surface area contributed by atoms with E-state index in [-0.39, 0.29) is 5.91 Å². The molecular weight excluding hydrogens is 402 g/mol. The molecule has 1 amide bonds. The van der Waals surface area contributed by atoms with Crippen LogP contribution in [-0.4, -0.2) is 35.1 Å². The van der Waals surface area contributed by atoms with Gasteiger partial charge in [-0.3, -0.25) is 4.79 Å². The van der Waals surface area contributed by atoms with E-state index in [1.54, 1.807) is 22.7 Å². The van der Waals surface area contributed by atoms with Crippen LogP contribution >= 0.6 is 22.7 Å². The van der Waals surface area contributed by atoms with Gasteiger partial charge in [-0.2, -0.15) is 0 Å². The van der Waals surface area contributed by atoms with Crippen LogP contribution in [0.15, 0.2) is 52.2 Å². The average molecular weight is 428 g/mol. The third-order valence-corrected chi connectivity index (χ3v) is 6.69. The zero-order chi connectivity index (χ0) is 20.1. The largest absolute Gasteiger partial charge is 0.492 e. The van der Waals surface area contributed by atoms with E-state index in [0.717, 1.165) is 48.7 Å². The fourth-order valence-electron chi connectivity index (χ4n) is 3.55. The summed E-state index contributed by atoms with van der Waals surface area (Å²) in [7, 11) is 0. The molecule has 0 bridgehead atoms. The Morgan fingerprint density at radius 2 is 2.03 bits per heavy atom. The highest BCUT2D eigenvalue weighted by Crippen LogP contribution is 2.28. The molecule has 0 N–H and O–H groups in total. The van der Waals surface area contributed by atoms with Gasteiger partial charge in [-0.15, -0.1) is 22.7 Å². The van der Waals surface area contributed by atoms with E-state index in [4.69, 9.17) is 9.73 Å². The summed E-state index contributed by atoms with van der Waals surface area (Å²) in [5, 5.41) is 4.27. The zero-order valence-electron chi connectivity index (χ0n) is 16.5. The van der Waals surface area contributed by atoms with Gasteiger partial charge in [-0.1, -0.05) is 18.2 Å². The molecule has 152 valence electrons. The number of carbonyl (C=O) groups excluding carboxylic acids is 1. The monoisotopic (exact) mass is 427 g/mol. The number of hydrogen-bond acceptors (Lipinski definition) is 5. The van der Waals surface area contributed by atoms with Gasteiger partial charge in [-0.05, 0) is 43.3 Å². The molecule has 1 aliphatic heterocycles. The summed E-state index contributed by atoms with van der Waals surface area (Å²) in [4.78, 5) is 21.0. The van der Waals surface area contributed by atoms with Crippen LogP contribution in [0.3, 0.4) is 0 Å². The predicted molar refractivity (Wildman–Crippen MR) is 119 cm³/mol. The van der Waals surface area contributed by atoms with Crippen molar-refractivity contribution >= 4 is 34.3 Å². The van der Waals surface area contributed by atoms with Gasteiger partial charge in [0.2, 0.25) is 5.91 Å². The minimum Gasteiger partial charge on any atom is -0.492 e. The zero-order valence-corrected chi connectivity index (χ0v) is 18.2. The number of para-hydroxylation sites is 2. The van der Waals surface area contributed by atoms with Crippen LogP contribution in [0.25, 0.3) is 10.6 Å². The molecule has 0 aliphatic carbocycles. The Morgan fingerprint density at radius 3 is 2.79 bits per heavy atom. The van der Waals surface area contributed by atoms with Crippen molar-refractivity contribution in [3.8, 4) is 16.3 Å². The summed E-state index contributed by atoms with van der Waals surface area (Å²) in [6.45, 7) is 5.12. The lowest BCUT2D eigenvalue weighted by Gasteiger charge is -2.16. The van der Waals surface area contributed by atoms with Gasteiger partial charge < -0.3 is 14.2 Å². The van der Waals surface area contributed by atoms with Gasteiger partial charge in [0.1, 0.15) is 11.4 Å². The molecule has 0 atom stereocenters. The topological polar surface area (TPSA) is 46.8 Å². The number of likely N-dealkylation sites (tertiary alicyclic amines) is 1. The van der Waals surface area contributed by atoms with Crippen molar-refractivity contribution in [3.05, 3.63) is 52.0 Å². The maximum atomic E-state index is 11.9. The Bertz CT molecular complexity index is 1020. The Kier molecular flexibility index (Phi) is 6.46. The van der Waals surface area contributed by atoms with E-state index < -0.39 is 0 Å².